The van der Waals surface area contributed by atoms with Crippen LogP contribution in [0.3, 0.4) is 0 Å². The number of piperidine rings is 1. The van der Waals surface area contributed by atoms with E-state index in [2.05, 4.69) is 22.4 Å². The van der Waals surface area contributed by atoms with Gasteiger partial charge in [-0.25, -0.2) is 4.79 Å². The number of nitrogens with two attached hydrogens (primary N) is 1. The molecule has 0 saturated carbocycles. The highest BCUT2D eigenvalue weighted by molar-refractivity contribution is 7.99. The molecule has 10 heteroatoms. The van der Waals surface area contributed by atoms with Crippen molar-refractivity contribution >= 4 is 23.7 Å². The van der Waals surface area contributed by atoms with E-state index in [9.17, 15) is 9.59 Å². The van der Waals surface area contributed by atoms with Crippen molar-refractivity contribution in [3.05, 3.63) is 30.1 Å². The monoisotopic (exact) mass is 419 g/mol. The minimum atomic E-state index is -0.866. The predicted octanol–water partition coefficient (Wildman–Crippen LogP) is 0.693. The molecule has 4 N–H and O–H groups in total. The van der Waals surface area contributed by atoms with Crippen LogP contribution >= 0.6 is 11.8 Å². The summed E-state index contributed by atoms with van der Waals surface area (Å²) in [5.74, 6) is 1.16. The van der Waals surface area contributed by atoms with Gasteiger partial charge in [-0.15, -0.1) is 10.2 Å². The SMILES string of the molecule is COc1ccc(-n2c(SCC(=O)NC(N)=O)nnc2[C@H](C)[NH+]2CCCCC2)cc1. The maximum Gasteiger partial charge on any atom is 0.318 e. The Kier molecular flexibility index (Phi) is 7.10. The number of methoxy groups -OCH3 is 1. The summed E-state index contributed by atoms with van der Waals surface area (Å²) < 4.78 is 7.24. The number of carbonyl (C=O) groups is 2. The summed E-state index contributed by atoms with van der Waals surface area (Å²) in [6.45, 7) is 4.39. The fraction of sp³-hybridized carbons (Fsp3) is 0.474. The molecule has 0 aliphatic carbocycles. The fourth-order valence-electron chi connectivity index (χ4n) is 3.55. The summed E-state index contributed by atoms with van der Waals surface area (Å²) >= 11 is 1.22. The molecule has 1 saturated heterocycles. The summed E-state index contributed by atoms with van der Waals surface area (Å²) in [6, 6.07) is 6.95. The molecule has 9 nitrogen and oxygen atoms in total. The molecule has 3 rings (SSSR count). The van der Waals surface area contributed by atoms with Crippen molar-refractivity contribution in [3.8, 4) is 11.4 Å². The number of quaternary nitrogens is 1. The van der Waals surface area contributed by atoms with Crippen LogP contribution in [0.25, 0.3) is 5.69 Å². The molecule has 1 aliphatic rings. The number of benzene rings is 1. The number of rotatable bonds is 7. The van der Waals surface area contributed by atoms with Crippen LogP contribution in [0.5, 0.6) is 5.75 Å². The molecule has 2 heterocycles. The van der Waals surface area contributed by atoms with Crippen LogP contribution in [0.4, 0.5) is 4.79 Å². The number of aromatic nitrogens is 3. The first kappa shape index (κ1) is 21.1. The number of likely N-dealkylation sites (tertiary alicyclic amines) is 1. The Bertz CT molecular complexity index is 848. The third-order valence-electron chi connectivity index (χ3n) is 5.08. The van der Waals surface area contributed by atoms with Gasteiger partial charge in [0.15, 0.2) is 11.0 Å². The van der Waals surface area contributed by atoms with Gasteiger partial charge in [0.2, 0.25) is 5.91 Å². The summed E-state index contributed by atoms with van der Waals surface area (Å²) in [5, 5.41) is 11.5. The molecular weight excluding hydrogens is 392 g/mol. The number of hydrogen-bond acceptors (Lipinski definition) is 6. The lowest BCUT2D eigenvalue weighted by Crippen LogP contribution is -3.12. The van der Waals surface area contributed by atoms with Crippen molar-refractivity contribution < 1.29 is 19.2 Å². The quantitative estimate of drug-likeness (QED) is 0.569. The van der Waals surface area contributed by atoms with E-state index in [1.165, 1.54) is 35.9 Å². The van der Waals surface area contributed by atoms with Crippen molar-refractivity contribution in [2.75, 3.05) is 26.0 Å². The second kappa shape index (κ2) is 9.75. The molecule has 156 valence electrons. The first-order valence-electron chi connectivity index (χ1n) is 9.66. The average Bonchev–Trinajstić information content (AvgIpc) is 3.16. The second-order valence-corrected chi connectivity index (χ2v) is 7.96. The molecule has 1 atom stereocenters. The molecule has 0 bridgehead atoms. The second-order valence-electron chi connectivity index (χ2n) is 7.02. The van der Waals surface area contributed by atoms with Gasteiger partial charge in [0, 0.05) is 5.69 Å². The van der Waals surface area contributed by atoms with Crippen molar-refractivity contribution in [1.82, 2.24) is 20.1 Å². The normalized spacial score (nSPS) is 15.7. The van der Waals surface area contributed by atoms with Gasteiger partial charge in [0.1, 0.15) is 11.8 Å². The Morgan fingerprint density at radius 2 is 1.93 bits per heavy atom. The van der Waals surface area contributed by atoms with Crippen molar-refractivity contribution in [2.24, 2.45) is 5.73 Å². The van der Waals surface area contributed by atoms with Gasteiger partial charge in [-0.1, -0.05) is 11.8 Å². The third kappa shape index (κ3) is 5.27. The van der Waals surface area contributed by atoms with E-state index in [0.717, 1.165) is 30.4 Å². The number of carbonyl (C=O) groups excluding carboxylic acids is 2. The van der Waals surface area contributed by atoms with Gasteiger partial charge >= 0.3 is 6.03 Å². The molecule has 1 aliphatic heterocycles. The van der Waals surface area contributed by atoms with Gasteiger partial charge in [0.05, 0.1) is 26.0 Å². The van der Waals surface area contributed by atoms with E-state index < -0.39 is 11.9 Å². The van der Waals surface area contributed by atoms with Crippen LogP contribution in [-0.4, -0.2) is 52.7 Å². The lowest BCUT2D eigenvalue weighted by atomic mass is 10.1. The van der Waals surface area contributed by atoms with Gasteiger partial charge in [0.25, 0.3) is 0 Å². The molecule has 2 aromatic rings. The molecule has 0 unspecified atom stereocenters. The van der Waals surface area contributed by atoms with Crippen LogP contribution in [-0.2, 0) is 4.79 Å². The number of primary amides is 1. The Balaban J connectivity index is 1.89. The predicted molar refractivity (Wildman–Crippen MR) is 109 cm³/mol. The lowest BCUT2D eigenvalue weighted by Gasteiger charge is -2.29. The van der Waals surface area contributed by atoms with E-state index in [1.807, 2.05) is 28.8 Å². The number of nitrogens with zero attached hydrogens (tertiary/aromatic N) is 3. The minimum absolute atomic E-state index is 0.0161. The minimum Gasteiger partial charge on any atom is -0.497 e. The van der Waals surface area contributed by atoms with Crippen LogP contribution in [0.2, 0.25) is 0 Å². The largest absolute Gasteiger partial charge is 0.497 e. The molecule has 1 fully saturated rings. The van der Waals surface area contributed by atoms with Crippen LogP contribution in [0.15, 0.2) is 29.4 Å². The summed E-state index contributed by atoms with van der Waals surface area (Å²) in [5.41, 5.74) is 5.90. The highest BCUT2D eigenvalue weighted by Crippen LogP contribution is 2.26. The van der Waals surface area contributed by atoms with Gasteiger partial charge in [-0.2, -0.15) is 0 Å². The molecule has 29 heavy (non-hydrogen) atoms. The maximum atomic E-state index is 11.8. The van der Waals surface area contributed by atoms with Crippen molar-refractivity contribution in [3.63, 3.8) is 0 Å². The van der Waals surface area contributed by atoms with E-state index in [4.69, 9.17) is 10.5 Å². The highest BCUT2D eigenvalue weighted by atomic mass is 32.2. The van der Waals surface area contributed by atoms with E-state index in [-0.39, 0.29) is 11.8 Å². The number of hydrogen-bond donors (Lipinski definition) is 3. The van der Waals surface area contributed by atoms with E-state index in [1.54, 1.807) is 7.11 Å². The van der Waals surface area contributed by atoms with E-state index >= 15 is 0 Å². The maximum absolute atomic E-state index is 11.8. The van der Waals surface area contributed by atoms with Crippen molar-refractivity contribution in [2.45, 2.75) is 37.4 Å². The number of amides is 3. The Labute approximate surface area is 174 Å². The fourth-order valence-corrected chi connectivity index (χ4v) is 4.31. The number of ether oxygens (including phenoxy) is 1. The van der Waals surface area contributed by atoms with Gasteiger partial charge in [-0.05, 0) is 50.5 Å². The van der Waals surface area contributed by atoms with Gasteiger partial charge < -0.3 is 15.4 Å². The zero-order chi connectivity index (χ0) is 20.8. The van der Waals surface area contributed by atoms with Crippen molar-refractivity contribution in [1.29, 1.82) is 0 Å². The topological polar surface area (TPSA) is 117 Å². The molecule has 0 spiro atoms. The Morgan fingerprint density at radius 3 is 2.55 bits per heavy atom. The summed E-state index contributed by atoms with van der Waals surface area (Å²) in [4.78, 5) is 24.2. The number of urea groups is 1. The smallest absolute Gasteiger partial charge is 0.318 e. The number of thioether (sulfide) groups is 1. The molecular formula is C19H27N6O3S+. The van der Waals surface area contributed by atoms with Gasteiger partial charge in [-0.3, -0.25) is 14.7 Å². The molecule has 0 radical (unpaired) electrons. The summed E-state index contributed by atoms with van der Waals surface area (Å²) in [7, 11) is 1.62. The Hall–Kier alpha value is -2.59. The number of nitrogens with one attached hydrogen (secondary N) is 2. The third-order valence-corrected chi connectivity index (χ3v) is 6.01. The zero-order valence-corrected chi connectivity index (χ0v) is 17.5. The number of imide groups is 1. The first-order chi connectivity index (χ1) is 14.0. The van der Waals surface area contributed by atoms with E-state index in [0.29, 0.717) is 5.16 Å². The Morgan fingerprint density at radius 1 is 1.24 bits per heavy atom. The van der Waals surface area contributed by atoms with Crippen LogP contribution in [0.1, 0.15) is 38.1 Å². The summed E-state index contributed by atoms with van der Waals surface area (Å²) in [6.07, 6.45) is 3.70. The molecule has 1 aromatic carbocycles. The standard InChI is InChI=1S/C19H26N6O3S/c1-13(24-10-4-3-5-11-24)17-22-23-19(29-12-16(26)21-18(20)27)25(17)14-6-8-15(28-2)9-7-14/h6-9,13H,3-5,10-12H2,1-2H3,(H3,20,21,26,27)/p+1/t13-/m0/s1. The zero-order valence-electron chi connectivity index (χ0n) is 16.7. The average molecular weight is 420 g/mol. The van der Waals surface area contributed by atoms with Crippen LogP contribution < -0.4 is 20.7 Å². The first-order valence-corrected chi connectivity index (χ1v) is 10.6. The highest BCUT2D eigenvalue weighted by Gasteiger charge is 2.28. The van der Waals surface area contributed by atoms with Crippen LogP contribution in [0, 0.1) is 0 Å². The molecule has 3 amide bonds. The lowest BCUT2D eigenvalue weighted by molar-refractivity contribution is -0.935. The molecule has 1 aromatic heterocycles.